The number of non-ortho nitro benzene ring substituents is 1. The van der Waals surface area contributed by atoms with Gasteiger partial charge in [0, 0.05) is 17.2 Å². The van der Waals surface area contributed by atoms with E-state index < -0.39 is 4.92 Å². The summed E-state index contributed by atoms with van der Waals surface area (Å²) in [6.07, 6.45) is 2.95. The molecule has 8 nitrogen and oxygen atoms in total. The number of hydrogen-bond donors (Lipinski definition) is 1. The van der Waals surface area contributed by atoms with Crippen LogP contribution < -0.4 is 5.43 Å². The number of carbonyl (C=O) groups is 1. The number of nitrogens with zero attached hydrogens (tertiary/aromatic N) is 4. The van der Waals surface area contributed by atoms with Crippen LogP contribution in [0.4, 0.5) is 5.69 Å². The van der Waals surface area contributed by atoms with Crippen molar-refractivity contribution < 1.29 is 9.72 Å². The van der Waals surface area contributed by atoms with Crippen LogP contribution in [0.2, 0.25) is 5.02 Å². The summed E-state index contributed by atoms with van der Waals surface area (Å²) in [6, 6.07) is 11.3. The Hall–Kier alpha value is -3.26. The van der Waals surface area contributed by atoms with E-state index in [4.69, 9.17) is 11.6 Å². The fourth-order valence-electron chi connectivity index (χ4n) is 2.20. The molecule has 0 spiro atoms. The van der Waals surface area contributed by atoms with Crippen LogP contribution in [-0.2, 0) is 11.3 Å². The van der Waals surface area contributed by atoms with Gasteiger partial charge >= 0.3 is 0 Å². The lowest BCUT2D eigenvalue weighted by Crippen LogP contribution is -2.22. The molecule has 3 rings (SSSR count). The summed E-state index contributed by atoms with van der Waals surface area (Å²) in [5, 5.41) is 15.3. The Morgan fingerprint density at radius 1 is 1.32 bits per heavy atom. The van der Waals surface area contributed by atoms with Crippen LogP contribution in [-0.4, -0.2) is 26.6 Å². The minimum atomic E-state index is -0.493. The maximum atomic E-state index is 12.0. The van der Waals surface area contributed by atoms with E-state index in [0.717, 1.165) is 5.56 Å². The molecule has 0 saturated carbocycles. The van der Waals surface area contributed by atoms with Crippen LogP contribution >= 0.6 is 11.6 Å². The summed E-state index contributed by atoms with van der Waals surface area (Å²) in [6.45, 7) is -0.0599. The average molecular weight is 358 g/mol. The number of carbonyl (C=O) groups excluding carboxylic acids is 1. The average Bonchev–Trinajstić information content (AvgIpc) is 2.99. The van der Waals surface area contributed by atoms with Crippen molar-refractivity contribution in [3.8, 4) is 0 Å². The number of amides is 1. The first-order valence-corrected chi connectivity index (χ1v) is 7.57. The van der Waals surface area contributed by atoms with E-state index in [0.29, 0.717) is 16.1 Å². The lowest BCUT2D eigenvalue weighted by atomic mass is 10.2. The number of halogens is 1. The van der Waals surface area contributed by atoms with Crippen molar-refractivity contribution in [1.82, 2.24) is 15.0 Å². The highest BCUT2D eigenvalue weighted by Crippen LogP contribution is 2.19. The summed E-state index contributed by atoms with van der Waals surface area (Å²) >= 11 is 5.79. The second-order valence-corrected chi connectivity index (χ2v) is 5.58. The van der Waals surface area contributed by atoms with Gasteiger partial charge in [-0.1, -0.05) is 23.7 Å². The Kier molecular flexibility index (Phi) is 4.71. The van der Waals surface area contributed by atoms with Gasteiger partial charge in [0.2, 0.25) is 0 Å². The Labute approximate surface area is 146 Å². The van der Waals surface area contributed by atoms with Gasteiger partial charge in [0.25, 0.3) is 11.6 Å². The largest absolute Gasteiger partial charge is 0.321 e. The molecule has 9 heteroatoms. The van der Waals surface area contributed by atoms with E-state index >= 15 is 0 Å². The highest BCUT2D eigenvalue weighted by atomic mass is 35.5. The summed E-state index contributed by atoms with van der Waals surface area (Å²) in [7, 11) is 0. The van der Waals surface area contributed by atoms with Crippen LogP contribution in [0.3, 0.4) is 0 Å². The number of imidazole rings is 1. The van der Waals surface area contributed by atoms with Gasteiger partial charge in [0.15, 0.2) is 0 Å². The number of hydrogen-bond acceptors (Lipinski definition) is 5. The van der Waals surface area contributed by atoms with Crippen molar-refractivity contribution in [1.29, 1.82) is 0 Å². The van der Waals surface area contributed by atoms with Gasteiger partial charge in [-0.25, -0.2) is 10.4 Å². The van der Waals surface area contributed by atoms with Crippen molar-refractivity contribution in [2.24, 2.45) is 5.10 Å². The highest BCUT2D eigenvalue weighted by Gasteiger charge is 2.11. The zero-order valence-electron chi connectivity index (χ0n) is 12.8. The van der Waals surface area contributed by atoms with E-state index in [1.165, 1.54) is 29.2 Å². The maximum absolute atomic E-state index is 12.0. The topological polar surface area (TPSA) is 102 Å². The second kappa shape index (κ2) is 7.10. The number of rotatable bonds is 5. The van der Waals surface area contributed by atoms with Gasteiger partial charge in [-0.05, 0) is 23.8 Å². The minimum Gasteiger partial charge on any atom is -0.321 e. The Morgan fingerprint density at radius 3 is 2.80 bits per heavy atom. The Balaban J connectivity index is 1.68. The number of nitro groups is 1. The predicted octanol–water partition coefficient (Wildman–Crippen LogP) is 2.75. The second-order valence-electron chi connectivity index (χ2n) is 5.15. The summed E-state index contributed by atoms with van der Waals surface area (Å²) in [4.78, 5) is 26.5. The van der Waals surface area contributed by atoms with E-state index in [2.05, 4.69) is 15.5 Å². The van der Waals surface area contributed by atoms with Crippen molar-refractivity contribution in [3.63, 3.8) is 0 Å². The quantitative estimate of drug-likeness (QED) is 0.431. The van der Waals surface area contributed by atoms with E-state index in [1.807, 2.05) is 0 Å². The summed E-state index contributed by atoms with van der Waals surface area (Å²) in [5.74, 6) is -0.379. The monoisotopic (exact) mass is 357 g/mol. The molecular formula is C16H12ClN5O3. The third-order valence-corrected chi connectivity index (χ3v) is 3.65. The van der Waals surface area contributed by atoms with Crippen molar-refractivity contribution in [2.45, 2.75) is 6.54 Å². The van der Waals surface area contributed by atoms with Crippen LogP contribution in [0.1, 0.15) is 5.56 Å². The zero-order valence-corrected chi connectivity index (χ0v) is 13.6. The third-order valence-electron chi connectivity index (χ3n) is 3.40. The molecule has 0 radical (unpaired) electrons. The molecule has 0 atom stereocenters. The highest BCUT2D eigenvalue weighted by molar-refractivity contribution is 6.30. The normalized spacial score (nSPS) is 11.1. The molecule has 25 heavy (non-hydrogen) atoms. The van der Waals surface area contributed by atoms with Gasteiger partial charge in [0.1, 0.15) is 6.54 Å². The van der Waals surface area contributed by atoms with E-state index in [-0.39, 0.29) is 18.1 Å². The van der Waals surface area contributed by atoms with Crippen molar-refractivity contribution >= 4 is 40.4 Å². The van der Waals surface area contributed by atoms with E-state index in [9.17, 15) is 14.9 Å². The van der Waals surface area contributed by atoms with Gasteiger partial charge in [-0.15, -0.1) is 0 Å². The number of nitro benzene ring substituents is 1. The van der Waals surface area contributed by atoms with Gasteiger partial charge in [-0.3, -0.25) is 14.9 Å². The Bertz CT molecular complexity index is 966. The third kappa shape index (κ3) is 3.99. The van der Waals surface area contributed by atoms with Gasteiger partial charge < -0.3 is 4.57 Å². The molecule has 0 aliphatic heterocycles. The van der Waals surface area contributed by atoms with Crippen LogP contribution in [0.5, 0.6) is 0 Å². The number of aromatic nitrogens is 2. The van der Waals surface area contributed by atoms with Gasteiger partial charge in [-0.2, -0.15) is 5.10 Å². The zero-order chi connectivity index (χ0) is 17.8. The van der Waals surface area contributed by atoms with Crippen LogP contribution in [0.25, 0.3) is 11.0 Å². The SMILES string of the molecule is O=C(Cn1cnc2ccc([N+](=O)[O-])cc21)N/N=C\c1ccc(Cl)cc1. The van der Waals surface area contributed by atoms with Crippen molar-refractivity contribution in [2.75, 3.05) is 0 Å². The lowest BCUT2D eigenvalue weighted by Gasteiger charge is -2.03. The van der Waals surface area contributed by atoms with Crippen molar-refractivity contribution in [3.05, 3.63) is 69.5 Å². The molecule has 3 aromatic rings. The van der Waals surface area contributed by atoms with E-state index in [1.54, 1.807) is 30.3 Å². The minimum absolute atomic E-state index is 0.0598. The summed E-state index contributed by atoms with van der Waals surface area (Å²) < 4.78 is 1.52. The molecule has 1 heterocycles. The first kappa shape index (κ1) is 16.6. The smallest absolute Gasteiger partial charge is 0.271 e. The molecule has 1 amide bonds. The molecule has 0 aliphatic rings. The molecule has 126 valence electrons. The molecule has 0 fully saturated rings. The van der Waals surface area contributed by atoms with Gasteiger partial charge in [0.05, 0.1) is 28.5 Å². The fraction of sp³-hybridized carbons (Fsp3) is 0.0625. The molecular weight excluding hydrogens is 346 g/mol. The van der Waals surface area contributed by atoms with Crippen LogP contribution in [0, 0.1) is 10.1 Å². The molecule has 1 aromatic heterocycles. The number of hydrazone groups is 1. The first-order valence-electron chi connectivity index (χ1n) is 7.20. The Morgan fingerprint density at radius 2 is 2.08 bits per heavy atom. The lowest BCUT2D eigenvalue weighted by molar-refractivity contribution is -0.384. The molecule has 0 aliphatic carbocycles. The standard InChI is InChI=1S/C16H12ClN5O3/c17-12-3-1-11(2-4-12)8-19-20-16(23)9-21-10-18-14-6-5-13(22(24)25)7-15(14)21/h1-8,10H,9H2,(H,20,23)/b19-8-. The molecule has 2 aromatic carbocycles. The molecule has 0 saturated heterocycles. The molecule has 0 bridgehead atoms. The number of nitrogens with one attached hydrogen (secondary N) is 1. The summed E-state index contributed by atoms with van der Waals surface area (Å²) in [5.41, 5.74) is 4.20. The predicted molar refractivity (Wildman–Crippen MR) is 93.6 cm³/mol. The molecule has 1 N–H and O–H groups in total. The fourth-order valence-corrected chi connectivity index (χ4v) is 2.33. The van der Waals surface area contributed by atoms with Crippen LogP contribution in [0.15, 0.2) is 53.9 Å². The molecule has 0 unspecified atom stereocenters. The number of fused-ring (bicyclic) bond motifs is 1. The maximum Gasteiger partial charge on any atom is 0.271 e. The first-order chi connectivity index (χ1) is 12.0. The number of benzene rings is 2.